The molecule has 2 aromatic rings. The molecule has 1 fully saturated rings. The topological polar surface area (TPSA) is 76.5 Å². The molecule has 1 aliphatic rings. The fraction of sp³-hybridized carbons (Fsp3) is 0.450. The minimum Gasteiger partial charge on any atom is -0.479 e. The SMILES string of the molecule is COc1nn(C)cc1C(=O)N1CCCC(CC(=O)NCc2ccc(F)cc2)C1. The fourth-order valence-corrected chi connectivity index (χ4v) is 3.49. The van der Waals surface area contributed by atoms with Gasteiger partial charge in [-0.15, -0.1) is 5.10 Å². The Bertz CT molecular complexity index is 834. The van der Waals surface area contributed by atoms with Crippen molar-refractivity contribution >= 4 is 11.8 Å². The number of amides is 2. The lowest BCUT2D eigenvalue weighted by Crippen LogP contribution is -2.41. The van der Waals surface area contributed by atoms with E-state index in [4.69, 9.17) is 4.74 Å². The molecule has 150 valence electrons. The molecular weight excluding hydrogens is 363 g/mol. The maximum atomic E-state index is 12.9. The van der Waals surface area contributed by atoms with Gasteiger partial charge in [-0.1, -0.05) is 12.1 Å². The van der Waals surface area contributed by atoms with Gasteiger partial charge in [0, 0.05) is 39.3 Å². The van der Waals surface area contributed by atoms with Crippen LogP contribution in [0.1, 0.15) is 35.2 Å². The van der Waals surface area contributed by atoms with E-state index < -0.39 is 0 Å². The molecule has 1 aromatic carbocycles. The van der Waals surface area contributed by atoms with Crippen LogP contribution in [0.3, 0.4) is 0 Å². The normalized spacial score (nSPS) is 16.7. The lowest BCUT2D eigenvalue weighted by Gasteiger charge is -2.32. The number of likely N-dealkylation sites (tertiary alicyclic amines) is 1. The first kappa shape index (κ1) is 19.9. The van der Waals surface area contributed by atoms with Gasteiger partial charge in [0.25, 0.3) is 5.91 Å². The molecule has 0 aliphatic carbocycles. The zero-order chi connectivity index (χ0) is 20.1. The highest BCUT2D eigenvalue weighted by atomic mass is 19.1. The zero-order valence-electron chi connectivity index (χ0n) is 16.2. The van der Waals surface area contributed by atoms with Gasteiger partial charge in [0.15, 0.2) is 0 Å². The number of methoxy groups -OCH3 is 1. The fourth-order valence-electron chi connectivity index (χ4n) is 3.49. The van der Waals surface area contributed by atoms with Gasteiger partial charge < -0.3 is 15.0 Å². The van der Waals surface area contributed by atoms with Crippen LogP contribution in [0, 0.1) is 11.7 Å². The zero-order valence-corrected chi connectivity index (χ0v) is 16.2. The largest absolute Gasteiger partial charge is 0.479 e. The van der Waals surface area contributed by atoms with Gasteiger partial charge in [0.1, 0.15) is 11.4 Å². The van der Waals surface area contributed by atoms with E-state index in [1.807, 2.05) is 0 Å². The first-order valence-electron chi connectivity index (χ1n) is 9.34. The molecule has 1 atom stereocenters. The Kier molecular flexibility index (Phi) is 6.28. The van der Waals surface area contributed by atoms with Crippen LogP contribution in [0.15, 0.2) is 30.5 Å². The van der Waals surface area contributed by atoms with Crippen LogP contribution >= 0.6 is 0 Å². The molecule has 2 heterocycles. The summed E-state index contributed by atoms with van der Waals surface area (Å²) in [6, 6.07) is 6.05. The summed E-state index contributed by atoms with van der Waals surface area (Å²) < 4.78 is 19.7. The van der Waals surface area contributed by atoms with E-state index in [1.165, 1.54) is 19.2 Å². The Balaban J connectivity index is 1.53. The predicted octanol–water partition coefficient (Wildman–Crippen LogP) is 2.13. The Morgan fingerprint density at radius 2 is 2.07 bits per heavy atom. The van der Waals surface area contributed by atoms with Crippen LogP contribution in [-0.2, 0) is 18.4 Å². The second-order valence-corrected chi connectivity index (χ2v) is 7.09. The van der Waals surface area contributed by atoms with Crippen molar-refractivity contribution in [2.24, 2.45) is 13.0 Å². The van der Waals surface area contributed by atoms with Gasteiger partial charge in [-0.2, -0.15) is 0 Å². The molecule has 1 aromatic heterocycles. The molecule has 0 saturated carbocycles. The van der Waals surface area contributed by atoms with E-state index >= 15 is 0 Å². The molecule has 0 spiro atoms. The van der Waals surface area contributed by atoms with Gasteiger partial charge in [-0.25, -0.2) is 4.39 Å². The van der Waals surface area contributed by atoms with Crippen LogP contribution in [0.5, 0.6) is 5.88 Å². The van der Waals surface area contributed by atoms with Gasteiger partial charge in [-0.05, 0) is 36.5 Å². The summed E-state index contributed by atoms with van der Waals surface area (Å²) in [6.45, 7) is 1.55. The minimum atomic E-state index is -0.299. The van der Waals surface area contributed by atoms with Crippen LogP contribution in [0.4, 0.5) is 4.39 Å². The lowest BCUT2D eigenvalue weighted by molar-refractivity contribution is -0.122. The molecule has 0 radical (unpaired) electrons. The molecular formula is C20H25FN4O3. The van der Waals surface area contributed by atoms with Gasteiger partial charge >= 0.3 is 0 Å². The molecule has 1 unspecified atom stereocenters. The number of benzene rings is 1. The minimum absolute atomic E-state index is 0.0671. The standard InChI is InChI=1S/C20H25FN4O3/c1-24-13-17(19(23-24)28-2)20(27)25-9-3-4-15(12-25)10-18(26)22-11-14-5-7-16(21)8-6-14/h5-8,13,15H,3-4,9-12H2,1-2H3,(H,22,26). The third-order valence-electron chi connectivity index (χ3n) is 4.90. The van der Waals surface area contributed by atoms with E-state index in [0.29, 0.717) is 37.5 Å². The number of nitrogens with one attached hydrogen (secondary N) is 1. The highest BCUT2D eigenvalue weighted by Crippen LogP contribution is 2.24. The lowest BCUT2D eigenvalue weighted by atomic mass is 9.94. The molecule has 2 amide bonds. The van der Waals surface area contributed by atoms with Crippen molar-refractivity contribution < 1.29 is 18.7 Å². The van der Waals surface area contributed by atoms with Gasteiger partial charge in [0.05, 0.1) is 7.11 Å². The number of piperidine rings is 1. The summed E-state index contributed by atoms with van der Waals surface area (Å²) in [4.78, 5) is 26.9. The summed E-state index contributed by atoms with van der Waals surface area (Å²) in [6.07, 6.45) is 3.76. The average Bonchev–Trinajstić information content (AvgIpc) is 3.08. The summed E-state index contributed by atoms with van der Waals surface area (Å²) in [5.41, 5.74) is 1.28. The quantitative estimate of drug-likeness (QED) is 0.823. The Morgan fingerprint density at radius 3 is 2.79 bits per heavy atom. The van der Waals surface area contributed by atoms with E-state index in [9.17, 15) is 14.0 Å². The molecule has 0 bridgehead atoms. The van der Waals surface area contributed by atoms with Crippen molar-refractivity contribution in [3.05, 3.63) is 47.4 Å². The van der Waals surface area contributed by atoms with Crippen molar-refractivity contribution in [1.82, 2.24) is 20.0 Å². The highest BCUT2D eigenvalue weighted by Gasteiger charge is 2.28. The number of rotatable bonds is 6. The second kappa shape index (κ2) is 8.86. The number of carbonyl (C=O) groups is 2. The summed E-state index contributed by atoms with van der Waals surface area (Å²) >= 11 is 0. The van der Waals surface area contributed by atoms with Crippen molar-refractivity contribution in [2.75, 3.05) is 20.2 Å². The molecule has 3 rings (SSSR count). The van der Waals surface area contributed by atoms with Crippen LogP contribution in [0.2, 0.25) is 0 Å². The van der Waals surface area contributed by atoms with E-state index in [2.05, 4.69) is 10.4 Å². The Hall–Kier alpha value is -2.90. The predicted molar refractivity (Wildman–Crippen MR) is 101 cm³/mol. The van der Waals surface area contributed by atoms with Crippen molar-refractivity contribution in [3.63, 3.8) is 0 Å². The van der Waals surface area contributed by atoms with Crippen molar-refractivity contribution in [2.45, 2.75) is 25.8 Å². The summed E-state index contributed by atoms with van der Waals surface area (Å²) in [7, 11) is 3.23. The number of halogens is 1. The maximum Gasteiger partial charge on any atom is 0.260 e. The van der Waals surface area contributed by atoms with E-state index in [1.54, 1.807) is 35.0 Å². The van der Waals surface area contributed by atoms with Crippen molar-refractivity contribution in [1.29, 1.82) is 0 Å². The average molecular weight is 388 g/mol. The van der Waals surface area contributed by atoms with Crippen LogP contribution in [-0.4, -0.2) is 46.7 Å². The Labute approximate surface area is 163 Å². The monoisotopic (exact) mass is 388 g/mol. The molecule has 1 N–H and O–H groups in total. The van der Waals surface area contributed by atoms with Gasteiger partial charge in [-0.3, -0.25) is 14.3 Å². The Morgan fingerprint density at radius 1 is 1.32 bits per heavy atom. The van der Waals surface area contributed by atoms with Crippen LogP contribution < -0.4 is 10.1 Å². The number of aromatic nitrogens is 2. The third-order valence-corrected chi connectivity index (χ3v) is 4.90. The summed E-state index contributed by atoms with van der Waals surface area (Å²) in [5.74, 6) is -0.0727. The van der Waals surface area contributed by atoms with Gasteiger partial charge in [0.2, 0.25) is 11.8 Å². The third kappa shape index (κ3) is 4.88. The second-order valence-electron chi connectivity index (χ2n) is 7.09. The van der Waals surface area contributed by atoms with E-state index in [-0.39, 0.29) is 23.5 Å². The van der Waals surface area contributed by atoms with E-state index in [0.717, 1.165) is 18.4 Å². The molecule has 28 heavy (non-hydrogen) atoms. The number of nitrogens with zero attached hydrogens (tertiary/aromatic N) is 3. The number of aryl methyl sites for hydroxylation is 1. The van der Waals surface area contributed by atoms with Crippen molar-refractivity contribution in [3.8, 4) is 5.88 Å². The molecule has 8 heteroatoms. The highest BCUT2D eigenvalue weighted by molar-refractivity contribution is 5.96. The molecule has 1 saturated heterocycles. The van der Waals surface area contributed by atoms with Crippen LogP contribution in [0.25, 0.3) is 0 Å². The maximum absolute atomic E-state index is 12.9. The first-order chi connectivity index (χ1) is 13.5. The first-order valence-corrected chi connectivity index (χ1v) is 9.34. The smallest absolute Gasteiger partial charge is 0.260 e. The number of hydrogen-bond acceptors (Lipinski definition) is 4. The number of ether oxygens (including phenoxy) is 1. The number of carbonyl (C=O) groups excluding carboxylic acids is 2. The molecule has 1 aliphatic heterocycles. The number of hydrogen-bond donors (Lipinski definition) is 1. The summed E-state index contributed by atoms with van der Waals surface area (Å²) in [5, 5.41) is 7.00. The molecule has 7 nitrogen and oxygen atoms in total.